The van der Waals surface area contributed by atoms with Gasteiger partial charge in [0.25, 0.3) is 5.56 Å². The van der Waals surface area contributed by atoms with E-state index in [0.29, 0.717) is 27.6 Å². The number of nitrogens with one attached hydrogen (secondary N) is 1. The van der Waals surface area contributed by atoms with Gasteiger partial charge in [0.05, 0.1) is 16.2 Å². The Hall–Kier alpha value is -2.31. The van der Waals surface area contributed by atoms with E-state index in [1.165, 1.54) is 11.8 Å². The Bertz CT molecular complexity index is 1050. The maximum absolute atomic E-state index is 13.0. The summed E-state index contributed by atoms with van der Waals surface area (Å²) in [6.07, 6.45) is 0. The van der Waals surface area contributed by atoms with E-state index < -0.39 is 5.25 Å². The standard InChI is InChI=1S/C21H22ClN3O2S/c1-13(2)12-25-20(27)17-11-15(22)9-10-18(17)24-21(25)28-14(3)19(26)23-16-7-5-4-6-8-16/h4-11,13-14H,12H2,1-3H3,(H,23,26). The second-order valence-corrected chi connectivity index (χ2v) is 8.73. The molecule has 146 valence electrons. The molecular weight excluding hydrogens is 394 g/mol. The number of thioether (sulfide) groups is 1. The highest BCUT2D eigenvalue weighted by molar-refractivity contribution is 8.00. The van der Waals surface area contributed by atoms with Gasteiger partial charge in [-0.05, 0) is 43.2 Å². The minimum Gasteiger partial charge on any atom is -0.325 e. The van der Waals surface area contributed by atoms with Gasteiger partial charge in [0.15, 0.2) is 5.16 Å². The number of fused-ring (bicyclic) bond motifs is 1. The molecule has 0 radical (unpaired) electrons. The van der Waals surface area contributed by atoms with Gasteiger partial charge >= 0.3 is 0 Å². The van der Waals surface area contributed by atoms with Gasteiger partial charge in [-0.1, -0.05) is 55.4 Å². The summed E-state index contributed by atoms with van der Waals surface area (Å²) in [6, 6.07) is 14.4. The van der Waals surface area contributed by atoms with Crippen LogP contribution in [-0.4, -0.2) is 20.7 Å². The Balaban J connectivity index is 1.93. The van der Waals surface area contributed by atoms with Gasteiger partial charge in [0.1, 0.15) is 0 Å². The summed E-state index contributed by atoms with van der Waals surface area (Å²) in [7, 11) is 0. The zero-order valence-corrected chi connectivity index (χ0v) is 17.6. The Labute approximate surface area is 173 Å². The number of amides is 1. The summed E-state index contributed by atoms with van der Waals surface area (Å²) in [4.78, 5) is 30.3. The molecule has 0 aliphatic carbocycles. The van der Waals surface area contributed by atoms with Crippen LogP contribution >= 0.6 is 23.4 Å². The number of rotatable bonds is 6. The van der Waals surface area contributed by atoms with Crippen LogP contribution in [0, 0.1) is 5.92 Å². The normalized spacial score (nSPS) is 12.3. The van der Waals surface area contributed by atoms with E-state index in [9.17, 15) is 9.59 Å². The molecule has 0 fully saturated rings. The van der Waals surface area contributed by atoms with Crippen molar-refractivity contribution in [1.82, 2.24) is 9.55 Å². The van der Waals surface area contributed by atoms with Crippen molar-refractivity contribution in [2.24, 2.45) is 5.92 Å². The van der Waals surface area contributed by atoms with E-state index in [1.807, 2.05) is 44.2 Å². The highest BCUT2D eigenvalue weighted by Crippen LogP contribution is 2.25. The highest BCUT2D eigenvalue weighted by atomic mass is 35.5. The molecule has 1 N–H and O–H groups in total. The van der Waals surface area contributed by atoms with Gasteiger partial charge in [-0.2, -0.15) is 0 Å². The van der Waals surface area contributed by atoms with Crippen LogP contribution in [0.15, 0.2) is 58.5 Å². The lowest BCUT2D eigenvalue weighted by Crippen LogP contribution is -2.28. The first kappa shape index (κ1) is 20.4. The van der Waals surface area contributed by atoms with Crippen molar-refractivity contribution in [1.29, 1.82) is 0 Å². The monoisotopic (exact) mass is 415 g/mol. The lowest BCUT2D eigenvalue weighted by Gasteiger charge is -2.17. The minimum absolute atomic E-state index is 0.139. The molecule has 1 amide bonds. The summed E-state index contributed by atoms with van der Waals surface area (Å²) in [5.41, 5.74) is 1.17. The predicted octanol–water partition coefficient (Wildman–Crippen LogP) is 4.83. The number of carbonyl (C=O) groups is 1. The predicted molar refractivity (Wildman–Crippen MR) is 116 cm³/mol. The summed E-state index contributed by atoms with van der Waals surface area (Å²) in [6.45, 7) is 6.40. The molecule has 0 saturated carbocycles. The van der Waals surface area contributed by atoms with Gasteiger partial charge < -0.3 is 5.32 Å². The second kappa shape index (κ2) is 8.80. The fraction of sp³-hybridized carbons (Fsp3) is 0.286. The van der Waals surface area contributed by atoms with Gasteiger partial charge in [-0.25, -0.2) is 4.98 Å². The van der Waals surface area contributed by atoms with E-state index in [4.69, 9.17) is 11.6 Å². The average molecular weight is 416 g/mol. The minimum atomic E-state index is -0.421. The van der Waals surface area contributed by atoms with Crippen LogP contribution in [0.1, 0.15) is 20.8 Å². The largest absolute Gasteiger partial charge is 0.325 e. The van der Waals surface area contributed by atoms with Gasteiger partial charge in [-0.3, -0.25) is 14.2 Å². The van der Waals surface area contributed by atoms with E-state index in [0.717, 1.165) is 5.69 Å². The van der Waals surface area contributed by atoms with Crippen LogP contribution < -0.4 is 10.9 Å². The molecule has 1 atom stereocenters. The fourth-order valence-electron chi connectivity index (χ4n) is 2.77. The molecule has 0 aliphatic heterocycles. The first-order valence-electron chi connectivity index (χ1n) is 9.08. The fourth-order valence-corrected chi connectivity index (χ4v) is 3.86. The molecule has 3 aromatic rings. The number of hydrogen-bond donors (Lipinski definition) is 1. The number of carbonyl (C=O) groups excluding carboxylic acids is 1. The van der Waals surface area contributed by atoms with Crippen LogP contribution in [0.2, 0.25) is 5.02 Å². The molecule has 3 rings (SSSR count). The van der Waals surface area contributed by atoms with Crippen LogP contribution in [0.5, 0.6) is 0 Å². The Morgan fingerprint density at radius 3 is 2.57 bits per heavy atom. The molecule has 28 heavy (non-hydrogen) atoms. The number of anilines is 1. The molecule has 1 heterocycles. The maximum atomic E-state index is 13.0. The molecule has 1 aromatic heterocycles. The number of hydrogen-bond acceptors (Lipinski definition) is 4. The Morgan fingerprint density at radius 2 is 1.89 bits per heavy atom. The number of aromatic nitrogens is 2. The molecule has 7 heteroatoms. The molecule has 0 aliphatic rings. The molecule has 1 unspecified atom stereocenters. The number of nitrogens with zero attached hydrogens (tertiary/aromatic N) is 2. The molecular formula is C21H22ClN3O2S. The van der Waals surface area contributed by atoms with Gasteiger partial charge in [-0.15, -0.1) is 0 Å². The van der Waals surface area contributed by atoms with Crippen molar-refractivity contribution in [2.45, 2.75) is 37.7 Å². The summed E-state index contributed by atoms with van der Waals surface area (Å²) >= 11 is 7.34. The number of halogens is 1. The number of benzene rings is 2. The smallest absolute Gasteiger partial charge is 0.262 e. The van der Waals surface area contributed by atoms with Crippen molar-refractivity contribution < 1.29 is 4.79 Å². The Kier molecular flexibility index (Phi) is 6.42. The van der Waals surface area contributed by atoms with Crippen molar-refractivity contribution in [3.8, 4) is 0 Å². The zero-order chi connectivity index (χ0) is 20.3. The van der Waals surface area contributed by atoms with E-state index in [2.05, 4.69) is 10.3 Å². The van der Waals surface area contributed by atoms with Crippen LogP contribution in [0.4, 0.5) is 5.69 Å². The summed E-state index contributed by atoms with van der Waals surface area (Å²) in [5.74, 6) is 0.113. The first-order valence-corrected chi connectivity index (χ1v) is 10.3. The van der Waals surface area contributed by atoms with Gasteiger partial charge in [0.2, 0.25) is 5.91 Å². The van der Waals surface area contributed by atoms with Gasteiger partial charge in [0, 0.05) is 17.3 Å². The van der Waals surface area contributed by atoms with Crippen molar-refractivity contribution in [2.75, 3.05) is 5.32 Å². The topological polar surface area (TPSA) is 64.0 Å². The highest BCUT2D eigenvalue weighted by Gasteiger charge is 2.20. The van der Waals surface area contributed by atoms with Crippen LogP contribution in [-0.2, 0) is 11.3 Å². The third-order valence-electron chi connectivity index (χ3n) is 4.12. The van der Waals surface area contributed by atoms with Crippen molar-refractivity contribution in [3.63, 3.8) is 0 Å². The maximum Gasteiger partial charge on any atom is 0.262 e. The third-order valence-corrected chi connectivity index (χ3v) is 5.45. The molecule has 0 saturated heterocycles. The molecule has 0 bridgehead atoms. The molecule has 0 spiro atoms. The molecule has 2 aromatic carbocycles. The third kappa shape index (κ3) is 4.75. The zero-order valence-electron chi connectivity index (χ0n) is 16.0. The van der Waals surface area contributed by atoms with E-state index in [-0.39, 0.29) is 17.4 Å². The SMILES string of the molecule is CC(C)Cn1c(SC(C)C(=O)Nc2ccccc2)nc2ccc(Cl)cc2c1=O. The average Bonchev–Trinajstić information content (AvgIpc) is 2.66. The number of para-hydroxylation sites is 1. The van der Waals surface area contributed by atoms with E-state index in [1.54, 1.807) is 29.7 Å². The Morgan fingerprint density at radius 1 is 1.18 bits per heavy atom. The van der Waals surface area contributed by atoms with Crippen LogP contribution in [0.25, 0.3) is 10.9 Å². The summed E-state index contributed by atoms with van der Waals surface area (Å²) < 4.78 is 1.64. The lowest BCUT2D eigenvalue weighted by atomic mass is 10.2. The van der Waals surface area contributed by atoms with E-state index >= 15 is 0 Å². The lowest BCUT2D eigenvalue weighted by molar-refractivity contribution is -0.115. The molecule has 5 nitrogen and oxygen atoms in total. The second-order valence-electron chi connectivity index (χ2n) is 6.98. The van der Waals surface area contributed by atoms with Crippen molar-refractivity contribution in [3.05, 3.63) is 63.9 Å². The quantitative estimate of drug-likeness (QED) is 0.462. The summed E-state index contributed by atoms with van der Waals surface area (Å²) in [5, 5.41) is 3.98. The van der Waals surface area contributed by atoms with Crippen LogP contribution in [0.3, 0.4) is 0 Å². The first-order chi connectivity index (χ1) is 13.3. The van der Waals surface area contributed by atoms with Crippen molar-refractivity contribution >= 4 is 45.9 Å².